The Kier molecular flexibility index (Phi) is 5.89. The first-order valence-corrected chi connectivity index (χ1v) is 9.13. The fourth-order valence-electron chi connectivity index (χ4n) is 3.28. The Morgan fingerprint density at radius 2 is 1.82 bits per heavy atom. The summed E-state index contributed by atoms with van der Waals surface area (Å²) in [6.45, 7) is 1.96. The minimum Gasteiger partial charge on any atom is -0.465 e. The van der Waals surface area contributed by atoms with Crippen LogP contribution in [0.4, 0.5) is 0 Å². The SMILES string of the molecule is CC[C@H](C(=O)NC)n1cnc(-c2ccccc2)c1-c1cccc(C(=O)OC)c1. The van der Waals surface area contributed by atoms with Crippen molar-refractivity contribution in [1.29, 1.82) is 0 Å². The van der Waals surface area contributed by atoms with Crippen molar-refractivity contribution < 1.29 is 14.3 Å². The second-order valence-corrected chi connectivity index (χ2v) is 6.33. The number of methoxy groups -OCH3 is 1. The van der Waals surface area contributed by atoms with E-state index in [1.165, 1.54) is 7.11 Å². The lowest BCUT2D eigenvalue weighted by atomic mass is 10.0. The van der Waals surface area contributed by atoms with Crippen LogP contribution in [0.25, 0.3) is 22.5 Å². The zero-order valence-corrected chi connectivity index (χ0v) is 16.2. The zero-order chi connectivity index (χ0) is 20.1. The lowest BCUT2D eigenvalue weighted by Gasteiger charge is -2.19. The normalized spacial score (nSPS) is 11.7. The van der Waals surface area contributed by atoms with Gasteiger partial charge in [0.1, 0.15) is 6.04 Å². The molecule has 0 unspecified atom stereocenters. The molecule has 144 valence electrons. The Balaban J connectivity index is 2.23. The fraction of sp³-hybridized carbons (Fsp3) is 0.227. The van der Waals surface area contributed by atoms with Crippen LogP contribution < -0.4 is 5.32 Å². The summed E-state index contributed by atoms with van der Waals surface area (Å²) < 4.78 is 6.73. The van der Waals surface area contributed by atoms with Crippen LogP contribution in [0.2, 0.25) is 0 Å². The molecule has 0 saturated heterocycles. The zero-order valence-electron chi connectivity index (χ0n) is 16.2. The van der Waals surface area contributed by atoms with Crippen LogP contribution in [0.3, 0.4) is 0 Å². The van der Waals surface area contributed by atoms with Crippen LogP contribution in [0.1, 0.15) is 29.7 Å². The number of ether oxygens (including phenoxy) is 1. The summed E-state index contributed by atoms with van der Waals surface area (Å²) in [5.74, 6) is -0.502. The van der Waals surface area contributed by atoms with Crippen molar-refractivity contribution in [1.82, 2.24) is 14.9 Å². The predicted molar refractivity (Wildman–Crippen MR) is 108 cm³/mol. The van der Waals surface area contributed by atoms with E-state index in [0.717, 1.165) is 22.5 Å². The largest absolute Gasteiger partial charge is 0.465 e. The highest BCUT2D eigenvalue weighted by Crippen LogP contribution is 2.34. The molecule has 1 N–H and O–H groups in total. The highest BCUT2D eigenvalue weighted by Gasteiger charge is 2.24. The Morgan fingerprint density at radius 3 is 2.46 bits per heavy atom. The van der Waals surface area contributed by atoms with E-state index in [4.69, 9.17) is 4.74 Å². The maximum atomic E-state index is 12.5. The van der Waals surface area contributed by atoms with Gasteiger partial charge in [0.25, 0.3) is 0 Å². The first kappa shape index (κ1) is 19.4. The average molecular weight is 377 g/mol. The van der Waals surface area contributed by atoms with Crippen LogP contribution >= 0.6 is 0 Å². The van der Waals surface area contributed by atoms with Crippen LogP contribution in [0.5, 0.6) is 0 Å². The number of imidazole rings is 1. The lowest BCUT2D eigenvalue weighted by molar-refractivity contribution is -0.123. The van der Waals surface area contributed by atoms with E-state index in [0.29, 0.717) is 12.0 Å². The van der Waals surface area contributed by atoms with Crippen molar-refractivity contribution in [2.75, 3.05) is 14.2 Å². The van der Waals surface area contributed by atoms with Crippen molar-refractivity contribution >= 4 is 11.9 Å². The van der Waals surface area contributed by atoms with Gasteiger partial charge >= 0.3 is 5.97 Å². The molecule has 0 radical (unpaired) electrons. The van der Waals surface area contributed by atoms with Crippen molar-refractivity contribution in [3.63, 3.8) is 0 Å². The third kappa shape index (κ3) is 3.67. The molecule has 1 atom stereocenters. The molecule has 0 aliphatic carbocycles. The smallest absolute Gasteiger partial charge is 0.337 e. The van der Waals surface area contributed by atoms with Crippen LogP contribution in [0.15, 0.2) is 60.9 Å². The Hall–Kier alpha value is -3.41. The molecule has 1 amide bonds. The minimum atomic E-state index is -0.410. The number of aromatic nitrogens is 2. The predicted octanol–water partition coefficient (Wildman–Crippen LogP) is 3.70. The number of hydrogen-bond acceptors (Lipinski definition) is 4. The van der Waals surface area contributed by atoms with Gasteiger partial charge in [-0.3, -0.25) is 4.79 Å². The molecule has 0 aliphatic heterocycles. The molecule has 1 heterocycles. The van der Waals surface area contributed by atoms with Gasteiger partial charge in [0, 0.05) is 18.2 Å². The van der Waals surface area contributed by atoms with E-state index >= 15 is 0 Å². The molecule has 2 aromatic carbocycles. The first-order valence-electron chi connectivity index (χ1n) is 9.13. The Labute approximate surface area is 164 Å². The highest BCUT2D eigenvalue weighted by molar-refractivity contribution is 5.92. The Bertz CT molecular complexity index is 980. The molecule has 0 fully saturated rings. The minimum absolute atomic E-state index is 0.0927. The molecule has 0 spiro atoms. The number of esters is 1. The topological polar surface area (TPSA) is 73.2 Å². The molecule has 0 bridgehead atoms. The molecule has 6 nitrogen and oxygen atoms in total. The average Bonchev–Trinajstić information content (AvgIpc) is 3.19. The van der Waals surface area contributed by atoms with E-state index in [9.17, 15) is 9.59 Å². The molecule has 3 rings (SSSR count). The monoisotopic (exact) mass is 377 g/mol. The summed E-state index contributed by atoms with van der Waals surface area (Å²) in [7, 11) is 2.98. The van der Waals surface area contributed by atoms with E-state index in [1.807, 2.05) is 47.9 Å². The molecule has 28 heavy (non-hydrogen) atoms. The van der Waals surface area contributed by atoms with E-state index in [1.54, 1.807) is 31.6 Å². The third-order valence-electron chi connectivity index (χ3n) is 4.67. The molecule has 3 aromatic rings. The standard InChI is InChI=1S/C22H23N3O3/c1-4-18(21(26)23-2)25-14-24-19(15-9-6-5-7-10-15)20(25)16-11-8-12-17(13-16)22(27)28-3/h5-14,18H,4H2,1-3H3,(H,23,26)/t18-/m1/s1. The number of carbonyl (C=O) groups is 2. The summed E-state index contributed by atoms with van der Waals surface area (Å²) in [5.41, 5.74) is 3.71. The van der Waals surface area contributed by atoms with Gasteiger partial charge in [-0.25, -0.2) is 9.78 Å². The second kappa shape index (κ2) is 8.52. The third-order valence-corrected chi connectivity index (χ3v) is 4.67. The maximum Gasteiger partial charge on any atom is 0.337 e. The number of nitrogens with one attached hydrogen (secondary N) is 1. The second-order valence-electron chi connectivity index (χ2n) is 6.33. The van der Waals surface area contributed by atoms with Gasteiger partial charge in [-0.05, 0) is 18.6 Å². The highest BCUT2D eigenvalue weighted by atomic mass is 16.5. The van der Waals surface area contributed by atoms with E-state index in [2.05, 4.69) is 10.3 Å². The number of nitrogens with zero attached hydrogens (tertiary/aromatic N) is 2. The number of rotatable bonds is 6. The quantitative estimate of drug-likeness (QED) is 0.665. The summed E-state index contributed by atoms with van der Waals surface area (Å²) in [6, 6.07) is 16.5. The number of amides is 1. The van der Waals surface area contributed by atoms with Gasteiger partial charge in [-0.15, -0.1) is 0 Å². The molecule has 1 aromatic heterocycles. The van der Waals surface area contributed by atoms with Gasteiger partial charge in [-0.2, -0.15) is 0 Å². The molecular formula is C22H23N3O3. The van der Waals surface area contributed by atoms with Crippen molar-refractivity contribution in [2.24, 2.45) is 0 Å². The van der Waals surface area contributed by atoms with E-state index in [-0.39, 0.29) is 5.91 Å². The van der Waals surface area contributed by atoms with Gasteiger partial charge in [0.2, 0.25) is 5.91 Å². The first-order chi connectivity index (χ1) is 13.6. The molecule has 0 aliphatic rings. The molecule has 0 saturated carbocycles. The molecule has 6 heteroatoms. The van der Waals surface area contributed by atoms with Crippen molar-refractivity contribution in [3.05, 3.63) is 66.5 Å². The number of likely N-dealkylation sites (N-methyl/N-ethyl adjacent to an activating group) is 1. The number of benzene rings is 2. The maximum absolute atomic E-state index is 12.5. The van der Waals surface area contributed by atoms with Gasteiger partial charge < -0.3 is 14.6 Å². The van der Waals surface area contributed by atoms with E-state index < -0.39 is 12.0 Å². The van der Waals surface area contributed by atoms with Crippen LogP contribution in [0, 0.1) is 0 Å². The van der Waals surface area contributed by atoms with Crippen molar-refractivity contribution in [3.8, 4) is 22.5 Å². The van der Waals surface area contributed by atoms with Gasteiger partial charge in [0.15, 0.2) is 0 Å². The lowest BCUT2D eigenvalue weighted by Crippen LogP contribution is -2.29. The summed E-state index contributed by atoms with van der Waals surface area (Å²) in [6.07, 6.45) is 2.29. The van der Waals surface area contributed by atoms with Crippen LogP contribution in [-0.2, 0) is 9.53 Å². The summed E-state index contributed by atoms with van der Waals surface area (Å²) >= 11 is 0. The van der Waals surface area contributed by atoms with Gasteiger partial charge in [-0.1, -0.05) is 49.4 Å². The van der Waals surface area contributed by atoms with Gasteiger partial charge in [0.05, 0.1) is 30.4 Å². The Morgan fingerprint density at radius 1 is 1.11 bits per heavy atom. The number of hydrogen-bond donors (Lipinski definition) is 1. The van der Waals surface area contributed by atoms with Crippen molar-refractivity contribution in [2.45, 2.75) is 19.4 Å². The van der Waals surface area contributed by atoms with Crippen LogP contribution in [-0.4, -0.2) is 35.6 Å². The fourth-order valence-corrected chi connectivity index (χ4v) is 3.28. The summed E-state index contributed by atoms with van der Waals surface area (Å²) in [4.78, 5) is 29.1. The summed E-state index contributed by atoms with van der Waals surface area (Å²) in [5, 5.41) is 2.72. The molecular weight excluding hydrogens is 354 g/mol. The number of carbonyl (C=O) groups excluding carboxylic acids is 2.